The minimum atomic E-state index is -0.610. The fourth-order valence-corrected chi connectivity index (χ4v) is 2.22. The lowest BCUT2D eigenvalue weighted by atomic mass is 10.0. The minimum absolute atomic E-state index is 0.559. The van der Waals surface area contributed by atoms with Crippen LogP contribution in [0.15, 0.2) is 42.5 Å². The van der Waals surface area contributed by atoms with Gasteiger partial charge >= 0.3 is 0 Å². The first kappa shape index (κ1) is 14.9. The van der Waals surface area contributed by atoms with Crippen molar-refractivity contribution in [2.75, 3.05) is 19.1 Å². The maximum Gasteiger partial charge on any atom is 0.120 e. The highest BCUT2D eigenvalue weighted by atomic mass is 16.5. The lowest BCUT2D eigenvalue weighted by Crippen LogP contribution is -2.13. The SMILES string of the molecule is COc1cccc(N(C)c2cc(C#N)ccc2[C@H](C)O)c1. The third kappa shape index (κ3) is 3.15. The van der Waals surface area contributed by atoms with Crippen molar-refractivity contribution in [2.45, 2.75) is 13.0 Å². The topological polar surface area (TPSA) is 56.5 Å². The molecule has 0 bridgehead atoms. The van der Waals surface area contributed by atoms with Gasteiger partial charge in [-0.25, -0.2) is 0 Å². The molecule has 0 heterocycles. The lowest BCUT2D eigenvalue weighted by molar-refractivity contribution is 0.200. The molecule has 1 atom stereocenters. The predicted octanol–water partition coefficient (Wildman–Crippen LogP) is 3.39. The fourth-order valence-electron chi connectivity index (χ4n) is 2.22. The quantitative estimate of drug-likeness (QED) is 0.934. The summed E-state index contributed by atoms with van der Waals surface area (Å²) in [5.41, 5.74) is 3.06. The van der Waals surface area contributed by atoms with Crippen molar-refractivity contribution in [3.05, 3.63) is 53.6 Å². The third-order valence-electron chi connectivity index (χ3n) is 3.41. The highest BCUT2D eigenvalue weighted by Crippen LogP contribution is 2.33. The summed E-state index contributed by atoms with van der Waals surface area (Å²) in [5, 5.41) is 19.0. The number of anilines is 2. The molecule has 108 valence electrons. The molecule has 0 saturated heterocycles. The Morgan fingerprint density at radius 3 is 2.62 bits per heavy atom. The van der Waals surface area contributed by atoms with Gasteiger partial charge in [0, 0.05) is 30.1 Å². The van der Waals surface area contributed by atoms with Gasteiger partial charge in [-0.1, -0.05) is 12.1 Å². The van der Waals surface area contributed by atoms with Gasteiger partial charge < -0.3 is 14.7 Å². The molecular weight excluding hydrogens is 264 g/mol. The summed E-state index contributed by atoms with van der Waals surface area (Å²) in [7, 11) is 3.52. The van der Waals surface area contributed by atoms with Crippen LogP contribution in [0.2, 0.25) is 0 Å². The van der Waals surface area contributed by atoms with Crippen LogP contribution in [0.3, 0.4) is 0 Å². The molecule has 0 saturated carbocycles. The van der Waals surface area contributed by atoms with Crippen molar-refractivity contribution in [2.24, 2.45) is 0 Å². The Kier molecular flexibility index (Phi) is 4.46. The molecule has 0 fully saturated rings. The van der Waals surface area contributed by atoms with Gasteiger partial charge in [0.1, 0.15) is 5.75 Å². The second kappa shape index (κ2) is 6.29. The summed E-state index contributed by atoms with van der Waals surface area (Å²) in [6.45, 7) is 1.71. The molecule has 0 aliphatic rings. The van der Waals surface area contributed by atoms with E-state index in [1.807, 2.05) is 36.2 Å². The summed E-state index contributed by atoms with van der Waals surface area (Å²) in [5.74, 6) is 0.759. The van der Waals surface area contributed by atoms with Crippen molar-refractivity contribution >= 4 is 11.4 Å². The number of ether oxygens (including phenoxy) is 1. The second-order valence-electron chi connectivity index (χ2n) is 4.82. The summed E-state index contributed by atoms with van der Waals surface area (Å²) < 4.78 is 5.24. The van der Waals surface area contributed by atoms with Crippen molar-refractivity contribution in [1.82, 2.24) is 0 Å². The number of hydrogen-bond donors (Lipinski definition) is 1. The van der Waals surface area contributed by atoms with Crippen LogP contribution in [0.5, 0.6) is 5.75 Å². The van der Waals surface area contributed by atoms with Gasteiger partial charge in [-0.05, 0) is 31.2 Å². The molecule has 0 spiro atoms. The normalized spacial score (nSPS) is 11.6. The minimum Gasteiger partial charge on any atom is -0.497 e. The molecule has 0 unspecified atom stereocenters. The molecule has 4 heteroatoms. The Morgan fingerprint density at radius 1 is 1.24 bits per heavy atom. The molecule has 4 nitrogen and oxygen atoms in total. The van der Waals surface area contributed by atoms with Gasteiger partial charge in [0.15, 0.2) is 0 Å². The van der Waals surface area contributed by atoms with E-state index in [-0.39, 0.29) is 0 Å². The Balaban J connectivity index is 2.50. The molecule has 2 rings (SSSR count). The van der Waals surface area contributed by atoms with Crippen LogP contribution in [0, 0.1) is 11.3 Å². The van der Waals surface area contributed by atoms with Crippen molar-refractivity contribution in [3.8, 4) is 11.8 Å². The molecular formula is C17H18N2O2. The average molecular weight is 282 g/mol. The van der Waals surface area contributed by atoms with E-state index in [1.165, 1.54) is 0 Å². The molecule has 0 aliphatic heterocycles. The van der Waals surface area contributed by atoms with E-state index < -0.39 is 6.10 Å². The van der Waals surface area contributed by atoms with Gasteiger partial charge in [0.25, 0.3) is 0 Å². The predicted molar refractivity (Wildman–Crippen MR) is 82.8 cm³/mol. The number of aliphatic hydroxyl groups excluding tert-OH is 1. The average Bonchev–Trinajstić information content (AvgIpc) is 2.53. The van der Waals surface area contributed by atoms with Crippen LogP contribution in [-0.4, -0.2) is 19.3 Å². The number of benzene rings is 2. The van der Waals surface area contributed by atoms with E-state index in [9.17, 15) is 5.11 Å². The molecule has 2 aromatic carbocycles. The molecule has 21 heavy (non-hydrogen) atoms. The molecule has 0 aliphatic carbocycles. The van der Waals surface area contributed by atoms with Crippen LogP contribution in [0.25, 0.3) is 0 Å². The lowest BCUT2D eigenvalue weighted by Gasteiger charge is -2.24. The number of nitrogens with zero attached hydrogens (tertiary/aromatic N) is 2. The number of hydrogen-bond acceptors (Lipinski definition) is 4. The Labute approximate surface area is 124 Å². The zero-order valence-electron chi connectivity index (χ0n) is 12.4. The molecule has 1 N–H and O–H groups in total. The van der Waals surface area contributed by atoms with Crippen molar-refractivity contribution < 1.29 is 9.84 Å². The summed E-state index contributed by atoms with van der Waals surface area (Å²) in [6, 6.07) is 15.0. The van der Waals surface area contributed by atoms with Crippen LogP contribution in [-0.2, 0) is 0 Å². The zero-order valence-corrected chi connectivity index (χ0v) is 12.4. The molecule has 0 radical (unpaired) electrons. The highest BCUT2D eigenvalue weighted by Gasteiger charge is 2.14. The van der Waals surface area contributed by atoms with E-state index in [2.05, 4.69) is 6.07 Å². The van der Waals surface area contributed by atoms with Gasteiger partial charge in [-0.15, -0.1) is 0 Å². The fraction of sp³-hybridized carbons (Fsp3) is 0.235. The summed E-state index contributed by atoms with van der Waals surface area (Å²) >= 11 is 0. The van der Waals surface area contributed by atoms with Crippen LogP contribution >= 0.6 is 0 Å². The first-order chi connectivity index (χ1) is 10.1. The number of nitriles is 1. The number of methoxy groups -OCH3 is 1. The first-order valence-corrected chi connectivity index (χ1v) is 6.66. The number of aliphatic hydroxyl groups is 1. The Morgan fingerprint density at radius 2 is 2.00 bits per heavy atom. The second-order valence-corrected chi connectivity index (χ2v) is 4.82. The maximum atomic E-state index is 9.93. The van der Waals surface area contributed by atoms with E-state index >= 15 is 0 Å². The van der Waals surface area contributed by atoms with Gasteiger partial charge in [0.05, 0.1) is 24.8 Å². The summed E-state index contributed by atoms with van der Waals surface area (Å²) in [6.07, 6.45) is -0.610. The van der Waals surface area contributed by atoms with Crippen molar-refractivity contribution in [3.63, 3.8) is 0 Å². The highest BCUT2D eigenvalue weighted by molar-refractivity contribution is 5.68. The van der Waals surface area contributed by atoms with Gasteiger partial charge in [-0.3, -0.25) is 0 Å². The van der Waals surface area contributed by atoms with E-state index in [0.717, 1.165) is 22.7 Å². The number of rotatable bonds is 4. The van der Waals surface area contributed by atoms with Gasteiger partial charge in [0.2, 0.25) is 0 Å². The standard InChI is InChI=1S/C17H18N2O2/c1-12(20)16-8-7-13(11-18)9-17(16)19(2)14-5-4-6-15(10-14)21-3/h4-10,12,20H,1-3H3/t12-/m0/s1. The maximum absolute atomic E-state index is 9.93. The molecule has 0 amide bonds. The van der Waals surface area contributed by atoms with Crippen LogP contribution in [0.1, 0.15) is 24.2 Å². The van der Waals surface area contributed by atoms with Crippen molar-refractivity contribution in [1.29, 1.82) is 5.26 Å². The van der Waals surface area contributed by atoms with E-state index in [1.54, 1.807) is 32.2 Å². The Hall–Kier alpha value is -2.51. The smallest absolute Gasteiger partial charge is 0.120 e. The van der Waals surface area contributed by atoms with Gasteiger partial charge in [-0.2, -0.15) is 5.26 Å². The third-order valence-corrected chi connectivity index (χ3v) is 3.41. The van der Waals surface area contributed by atoms with Crippen LogP contribution in [0.4, 0.5) is 11.4 Å². The first-order valence-electron chi connectivity index (χ1n) is 6.66. The van der Waals surface area contributed by atoms with Crippen LogP contribution < -0.4 is 9.64 Å². The molecule has 2 aromatic rings. The van der Waals surface area contributed by atoms with E-state index in [4.69, 9.17) is 10.00 Å². The zero-order chi connectivity index (χ0) is 15.4. The summed E-state index contributed by atoms with van der Waals surface area (Å²) in [4.78, 5) is 1.94. The monoisotopic (exact) mass is 282 g/mol. The largest absolute Gasteiger partial charge is 0.497 e. The van der Waals surface area contributed by atoms with E-state index in [0.29, 0.717) is 5.56 Å². The Bertz CT molecular complexity index is 675. The molecule has 0 aromatic heterocycles.